The van der Waals surface area contributed by atoms with E-state index in [2.05, 4.69) is 0 Å². The second kappa shape index (κ2) is 4.09. The van der Waals surface area contributed by atoms with Gasteiger partial charge in [0.1, 0.15) is 15.9 Å². The predicted molar refractivity (Wildman–Crippen MR) is 66.0 cm³/mol. The fraction of sp³-hybridized carbons (Fsp3) is 0.333. The van der Waals surface area contributed by atoms with Gasteiger partial charge in [0.25, 0.3) is 0 Å². The van der Waals surface area contributed by atoms with Crippen molar-refractivity contribution in [3.63, 3.8) is 0 Å². The van der Waals surface area contributed by atoms with Crippen molar-refractivity contribution in [3.8, 4) is 0 Å². The number of rotatable bonds is 2. The first-order valence-electron chi connectivity index (χ1n) is 4.53. The van der Waals surface area contributed by atoms with Gasteiger partial charge in [0.15, 0.2) is 0 Å². The quantitative estimate of drug-likeness (QED) is 0.737. The predicted octanol–water partition coefficient (Wildman–Crippen LogP) is 4.25. The molecule has 0 spiro atoms. The zero-order valence-electron chi connectivity index (χ0n) is 8.23. The molecule has 0 amide bonds. The summed E-state index contributed by atoms with van der Waals surface area (Å²) in [6, 6.07) is 0. The zero-order valence-corrected chi connectivity index (χ0v) is 11.7. The van der Waals surface area contributed by atoms with E-state index in [9.17, 15) is 4.39 Å². The van der Waals surface area contributed by atoms with Gasteiger partial charge in [0, 0.05) is 12.0 Å². The van der Waals surface area contributed by atoms with Crippen LogP contribution in [-0.2, 0) is 10.8 Å². The van der Waals surface area contributed by atoms with Crippen LogP contribution in [-0.4, -0.2) is 9.04 Å². The van der Waals surface area contributed by atoms with Crippen LogP contribution < -0.4 is 0 Å². The Hall–Kier alpha value is -0.0331. The van der Waals surface area contributed by atoms with Gasteiger partial charge in [-0.15, -0.1) is 11.3 Å². The largest absolute Gasteiger partial charge is 0.545 e. The van der Waals surface area contributed by atoms with E-state index in [0.29, 0.717) is 20.0 Å². The number of allylic oxidation sites excluding steroid dienone is 1. The highest BCUT2D eigenvalue weighted by molar-refractivity contribution is 7.20. The van der Waals surface area contributed by atoms with Crippen LogP contribution in [0.4, 0.5) is 4.39 Å². The highest BCUT2D eigenvalue weighted by Crippen LogP contribution is 2.47. The van der Waals surface area contributed by atoms with Gasteiger partial charge in [-0.25, -0.2) is 4.39 Å². The molecule has 0 fully saturated rings. The maximum Gasteiger partial charge on any atom is 0.229 e. The third-order valence-corrected chi connectivity index (χ3v) is 4.47. The van der Waals surface area contributed by atoms with Crippen LogP contribution in [0.3, 0.4) is 0 Å². The molecule has 0 saturated heterocycles. The Labute approximate surface area is 103 Å². The van der Waals surface area contributed by atoms with Crippen molar-refractivity contribution in [2.24, 2.45) is 0 Å². The molecule has 1 aliphatic carbocycles. The van der Waals surface area contributed by atoms with Crippen molar-refractivity contribution in [2.75, 3.05) is 0 Å². The van der Waals surface area contributed by atoms with E-state index in [1.807, 2.05) is 13.1 Å². The molecule has 1 aromatic rings. The van der Waals surface area contributed by atoms with Crippen LogP contribution in [0, 0.1) is 0 Å². The fourth-order valence-electron chi connectivity index (χ4n) is 1.52. The standard InChI is InChI=1S/C9H9Cl2FOSSi/c1-15(2)13-7-5(12)3-4-6(7)9(11)14-8(4)10/h15H,3H2,1-2H3. The summed E-state index contributed by atoms with van der Waals surface area (Å²) in [5, 5.41) is 0. The van der Waals surface area contributed by atoms with Gasteiger partial charge in [-0.3, -0.25) is 0 Å². The van der Waals surface area contributed by atoms with Gasteiger partial charge in [-0.1, -0.05) is 23.2 Å². The van der Waals surface area contributed by atoms with Crippen molar-refractivity contribution in [3.05, 3.63) is 25.6 Å². The fourth-order valence-corrected chi connectivity index (χ4v) is 3.95. The third-order valence-electron chi connectivity index (χ3n) is 2.07. The topological polar surface area (TPSA) is 9.23 Å². The average Bonchev–Trinajstić information content (AvgIpc) is 2.55. The van der Waals surface area contributed by atoms with E-state index in [1.54, 1.807) is 0 Å². The molecule has 6 heteroatoms. The highest BCUT2D eigenvalue weighted by atomic mass is 35.5. The van der Waals surface area contributed by atoms with E-state index < -0.39 is 9.04 Å². The monoisotopic (exact) mass is 282 g/mol. The van der Waals surface area contributed by atoms with Gasteiger partial charge in [-0.05, 0) is 13.1 Å². The molecule has 1 heterocycles. The summed E-state index contributed by atoms with van der Waals surface area (Å²) in [7, 11) is -1.33. The van der Waals surface area contributed by atoms with Gasteiger partial charge >= 0.3 is 0 Å². The molecule has 0 atom stereocenters. The summed E-state index contributed by atoms with van der Waals surface area (Å²) in [6.07, 6.45) is 0.216. The lowest BCUT2D eigenvalue weighted by Gasteiger charge is -2.10. The smallest absolute Gasteiger partial charge is 0.229 e. The van der Waals surface area contributed by atoms with E-state index in [1.165, 1.54) is 11.3 Å². The Morgan fingerprint density at radius 2 is 2.00 bits per heavy atom. The van der Waals surface area contributed by atoms with Crippen LogP contribution in [0.1, 0.15) is 11.1 Å². The second-order valence-corrected chi connectivity index (χ2v) is 8.14. The molecule has 0 N–H and O–H groups in total. The molecule has 0 aromatic carbocycles. The summed E-state index contributed by atoms with van der Waals surface area (Å²) in [4.78, 5) is 0. The Morgan fingerprint density at radius 3 is 2.60 bits per heavy atom. The van der Waals surface area contributed by atoms with Crippen molar-refractivity contribution in [2.45, 2.75) is 19.5 Å². The molecule has 0 saturated carbocycles. The first-order chi connectivity index (χ1) is 7.00. The van der Waals surface area contributed by atoms with Crippen molar-refractivity contribution >= 4 is 49.3 Å². The number of hydrogen-bond donors (Lipinski definition) is 0. The van der Waals surface area contributed by atoms with E-state index in [-0.39, 0.29) is 12.2 Å². The van der Waals surface area contributed by atoms with Crippen LogP contribution in [0.2, 0.25) is 21.8 Å². The van der Waals surface area contributed by atoms with E-state index in [4.69, 9.17) is 27.6 Å². The first-order valence-corrected chi connectivity index (χ1v) is 8.88. The van der Waals surface area contributed by atoms with E-state index >= 15 is 0 Å². The molecule has 82 valence electrons. The molecule has 1 nitrogen and oxygen atoms in total. The minimum absolute atomic E-state index is 0.216. The minimum atomic E-state index is -1.33. The summed E-state index contributed by atoms with van der Waals surface area (Å²) >= 11 is 13.2. The van der Waals surface area contributed by atoms with E-state index in [0.717, 1.165) is 5.56 Å². The molecule has 1 aliphatic rings. The van der Waals surface area contributed by atoms with Crippen LogP contribution in [0.5, 0.6) is 0 Å². The number of halogens is 3. The van der Waals surface area contributed by atoms with Crippen LogP contribution in [0.15, 0.2) is 5.83 Å². The number of thiophene rings is 1. The SMILES string of the molecule is C[SiH](C)OC1=C(F)Cc2c(Cl)sc(Cl)c21. The Balaban J connectivity index is 2.45. The van der Waals surface area contributed by atoms with Gasteiger partial charge < -0.3 is 4.43 Å². The summed E-state index contributed by atoms with van der Waals surface area (Å²) in [5.41, 5.74) is 1.44. The Bertz CT molecular complexity index is 442. The molecular weight excluding hydrogens is 274 g/mol. The van der Waals surface area contributed by atoms with Gasteiger partial charge in [0.2, 0.25) is 9.04 Å². The molecule has 0 unspecified atom stereocenters. The van der Waals surface area contributed by atoms with Crippen molar-refractivity contribution in [1.29, 1.82) is 0 Å². The molecule has 0 radical (unpaired) electrons. The van der Waals surface area contributed by atoms with Crippen LogP contribution >= 0.6 is 34.5 Å². The molecule has 15 heavy (non-hydrogen) atoms. The summed E-state index contributed by atoms with van der Waals surface area (Å²) in [5.74, 6) is 0.0672. The highest BCUT2D eigenvalue weighted by Gasteiger charge is 2.30. The lowest BCUT2D eigenvalue weighted by atomic mass is 10.2. The summed E-state index contributed by atoms with van der Waals surface area (Å²) in [6.45, 7) is 3.97. The zero-order chi connectivity index (χ0) is 11.2. The average molecular weight is 283 g/mol. The molecule has 2 rings (SSSR count). The Morgan fingerprint density at radius 1 is 1.33 bits per heavy atom. The van der Waals surface area contributed by atoms with Crippen molar-refractivity contribution < 1.29 is 8.82 Å². The second-order valence-electron chi connectivity index (χ2n) is 3.58. The lowest BCUT2D eigenvalue weighted by Crippen LogP contribution is -2.06. The first kappa shape index (κ1) is 11.5. The number of hydrogen-bond acceptors (Lipinski definition) is 2. The molecule has 0 aliphatic heterocycles. The third kappa shape index (κ3) is 1.96. The Kier molecular flexibility index (Phi) is 3.12. The van der Waals surface area contributed by atoms with Gasteiger partial charge in [0.05, 0.1) is 9.90 Å². The normalized spacial score (nSPS) is 15.1. The maximum absolute atomic E-state index is 13.6. The molecule has 0 bridgehead atoms. The van der Waals surface area contributed by atoms with Gasteiger partial charge in [-0.2, -0.15) is 0 Å². The lowest BCUT2D eigenvalue weighted by molar-refractivity contribution is 0.503. The van der Waals surface area contributed by atoms with Crippen LogP contribution in [0.25, 0.3) is 5.76 Å². The summed E-state index contributed by atoms with van der Waals surface area (Å²) < 4.78 is 20.2. The molecular formula is C9H9Cl2FOSSi. The molecule has 1 aromatic heterocycles. The van der Waals surface area contributed by atoms with Crippen molar-refractivity contribution in [1.82, 2.24) is 0 Å². The number of fused-ring (bicyclic) bond motifs is 1. The maximum atomic E-state index is 13.6. The minimum Gasteiger partial charge on any atom is -0.545 e.